The molecule has 1 saturated heterocycles. The number of ether oxygens (including phenoxy) is 1. The Bertz CT molecular complexity index is 1150. The monoisotopic (exact) mass is 466 g/mol. The van der Waals surface area contributed by atoms with Gasteiger partial charge in [-0.1, -0.05) is 0 Å². The zero-order valence-electron chi connectivity index (χ0n) is 18.9. The second kappa shape index (κ2) is 10.4. The van der Waals surface area contributed by atoms with E-state index < -0.39 is 5.54 Å². The van der Waals surface area contributed by atoms with Crippen LogP contribution in [-0.2, 0) is 22.4 Å². The van der Waals surface area contributed by atoms with Gasteiger partial charge in [0.2, 0.25) is 11.8 Å². The lowest BCUT2D eigenvalue weighted by molar-refractivity contribution is -0.122. The van der Waals surface area contributed by atoms with Crippen LogP contribution in [0.25, 0.3) is 11.4 Å². The summed E-state index contributed by atoms with van der Waals surface area (Å²) in [6.45, 7) is 0.397. The van der Waals surface area contributed by atoms with E-state index in [2.05, 4.69) is 30.8 Å². The van der Waals surface area contributed by atoms with Crippen molar-refractivity contribution in [3.63, 3.8) is 0 Å². The molecule has 10 heteroatoms. The number of benzene rings is 1. The van der Waals surface area contributed by atoms with Crippen molar-refractivity contribution >= 4 is 11.8 Å². The predicted octanol–water partition coefficient (Wildman–Crippen LogP) is 2.34. The number of methoxy groups -OCH3 is 1. The Morgan fingerprint density at radius 2 is 2.09 bits per heavy atom. The van der Waals surface area contributed by atoms with Crippen LogP contribution in [0.2, 0.25) is 0 Å². The van der Waals surface area contributed by atoms with Crippen molar-refractivity contribution in [1.29, 1.82) is 0 Å². The molecule has 0 bridgehead atoms. The first-order valence-corrected chi connectivity index (χ1v) is 11.2. The number of carbonyl (C=O) groups excluding carboxylic acids is 2. The smallest absolute Gasteiger partial charge is 0.220 e. The van der Waals surface area contributed by atoms with Gasteiger partial charge >= 0.3 is 0 Å². The number of pyridine rings is 1. The summed E-state index contributed by atoms with van der Waals surface area (Å²) in [4.78, 5) is 32.9. The molecule has 178 valence electrons. The first-order chi connectivity index (χ1) is 16.5. The summed E-state index contributed by atoms with van der Waals surface area (Å²) >= 11 is 0. The lowest BCUT2D eigenvalue weighted by Crippen LogP contribution is -2.44. The van der Waals surface area contributed by atoms with Gasteiger partial charge in [0.15, 0.2) is 5.82 Å². The van der Waals surface area contributed by atoms with Gasteiger partial charge in [0.05, 0.1) is 7.11 Å². The van der Waals surface area contributed by atoms with Crippen molar-refractivity contribution in [2.24, 2.45) is 0 Å². The Labute approximate surface area is 196 Å². The third-order valence-electron chi connectivity index (χ3n) is 6.00. The quantitative estimate of drug-likeness (QED) is 0.422. The highest BCUT2D eigenvalue weighted by atomic mass is 19.1. The van der Waals surface area contributed by atoms with E-state index in [4.69, 9.17) is 4.74 Å². The van der Waals surface area contributed by atoms with Crippen LogP contribution in [0.5, 0.6) is 5.75 Å². The third-order valence-corrected chi connectivity index (χ3v) is 6.00. The van der Waals surface area contributed by atoms with Crippen molar-refractivity contribution < 1.29 is 18.7 Å². The number of aromatic nitrogens is 4. The summed E-state index contributed by atoms with van der Waals surface area (Å²) in [5, 5.41) is 12.9. The fourth-order valence-electron chi connectivity index (χ4n) is 4.16. The van der Waals surface area contributed by atoms with Crippen molar-refractivity contribution in [2.75, 3.05) is 13.7 Å². The van der Waals surface area contributed by atoms with E-state index in [0.29, 0.717) is 61.6 Å². The molecular formula is C24H27FN6O3. The van der Waals surface area contributed by atoms with Crippen LogP contribution in [0, 0.1) is 5.82 Å². The highest BCUT2D eigenvalue weighted by Crippen LogP contribution is 2.31. The van der Waals surface area contributed by atoms with E-state index in [9.17, 15) is 14.0 Å². The second-order valence-corrected chi connectivity index (χ2v) is 8.40. The molecule has 1 aromatic carbocycles. The maximum Gasteiger partial charge on any atom is 0.220 e. The Morgan fingerprint density at radius 3 is 2.82 bits per heavy atom. The minimum absolute atomic E-state index is 0.0842. The molecule has 2 amide bonds. The summed E-state index contributed by atoms with van der Waals surface area (Å²) in [5.41, 5.74) is 0.654. The van der Waals surface area contributed by atoms with E-state index in [1.165, 1.54) is 13.2 Å². The summed E-state index contributed by atoms with van der Waals surface area (Å²) in [5.74, 6) is 1.21. The first-order valence-electron chi connectivity index (χ1n) is 11.2. The van der Waals surface area contributed by atoms with Gasteiger partial charge in [-0.25, -0.2) is 9.37 Å². The lowest BCUT2D eigenvalue weighted by Gasteiger charge is -2.29. The molecule has 0 saturated carbocycles. The van der Waals surface area contributed by atoms with Crippen LogP contribution >= 0.6 is 0 Å². The number of nitrogens with one attached hydrogen (secondary N) is 3. The molecule has 1 unspecified atom stereocenters. The molecule has 3 N–H and O–H groups in total. The molecule has 0 radical (unpaired) electrons. The maximum absolute atomic E-state index is 14.4. The molecular weight excluding hydrogens is 439 g/mol. The summed E-state index contributed by atoms with van der Waals surface area (Å²) in [6.07, 6.45) is 5.68. The molecule has 2 aromatic heterocycles. The molecule has 1 aliphatic heterocycles. The average molecular weight is 467 g/mol. The maximum atomic E-state index is 14.4. The summed E-state index contributed by atoms with van der Waals surface area (Å²) < 4.78 is 19.6. The highest BCUT2D eigenvalue weighted by Gasteiger charge is 2.38. The Morgan fingerprint density at radius 1 is 1.26 bits per heavy atom. The number of aromatic amines is 1. The molecule has 34 heavy (non-hydrogen) atoms. The number of carbonyl (C=O) groups is 2. The topological polar surface area (TPSA) is 122 Å². The fourth-order valence-corrected chi connectivity index (χ4v) is 4.16. The van der Waals surface area contributed by atoms with Crippen LogP contribution < -0.4 is 15.4 Å². The Balaban J connectivity index is 1.30. The summed E-state index contributed by atoms with van der Waals surface area (Å²) in [6, 6.07) is 8.20. The molecule has 3 aromatic rings. The van der Waals surface area contributed by atoms with E-state index in [0.717, 1.165) is 5.56 Å². The SMILES string of the molecule is COc1ccc(F)c(CC2(CCC(=O)NCCc3nc(-c4ccncc4)n[nH]3)CCC(=O)N2)c1. The van der Waals surface area contributed by atoms with Gasteiger partial charge in [-0.15, -0.1) is 0 Å². The van der Waals surface area contributed by atoms with Crippen molar-refractivity contribution in [2.45, 2.75) is 44.1 Å². The van der Waals surface area contributed by atoms with E-state index in [1.807, 2.05) is 12.1 Å². The van der Waals surface area contributed by atoms with Crippen molar-refractivity contribution in [3.05, 3.63) is 59.9 Å². The van der Waals surface area contributed by atoms with Gasteiger partial charge in [-0.3, -0.25) is 19.7 Å². The van der Waals surface area contributed by atoms with Gasteiger partial charge in [-0.2, -0.15) is 5.10 Å². The predicted molar refractivity (Wildman–Crippen MR) is 122 cm³/mol. The minimum atomic E-state index is -0.661. The van der Waals surface area contributed by atoms with Crippen LogP contribution in [0.1, 0.15) is 37.1 Å². The zero-order chi connectivity index (χ0) is 24.0. The number of H-pyrrole nitrogens is 1. The van der Waals surface area contributed by atoms with Gasteiger partial charge < -0.3 is 15.4 Å². The Hall–Kier alpha value is -3.82. The number of amides is 2. The van der Waals surface area contributed by atoms with E-state index in [1.54, 1.807) is 24.5 Å². The van der Waals surface area contributed by atoms with E-state index >= 15 is 0 Å². The number of hydrogen-bond acceptors (Lipinski definition) is 6. The van der Waals surface area contributed by atoms with Crippen LogP contribution in [-0.4, -0.2) is 51.2 Å². The molecule has 1 atom stereocenters. The highest BCUT2D eigenvalue weighted by molar-refractivity contribution is 5.80. The normalized spacial score (nSPS) is 17.4. The standard InChI is InChI=1S/C24H27FN6O3/c1-34-18-2-3-19(25)17(14-18)15-24(10-5-22(33)29-24)9-4-21(32)27-13-8-20-28-23(31-30-20)16-6-11-26-12-7-16/h2-3,6-7,11-12,14H,4-5,8-10,13,15H2,1H3,(H,27,32)(H,29,33)(H,28,30,31). The number of hydrogen-bond donors (Lipinski definition) is 3. The minimum Gasteiger partial charge on any atom is -0.497 e. The second-order valence-electron chi connectivity index (χ2n) is 8.40. The van der Waals surface area contributed by atoms with Gasteiger partial charge in [0.25, 0.3) is 0 Å². The molecule has 1 aliphatic rings. The molecule has 0 aliphatic carbocycles. The molecule has 9 nitrogen and oxygen atoms in total. The van der Waals surface area contributed by atoms with Gasteiger partial charge in [-0.05, 0) is 55.2 Å². The van der Waals surface area contributed by atoms with Crippen LogP contribution in [0.15, 0.2) is 42.7 Å². The van der Waals surface area contributed by atoms with Gasteiger partial charge in [0.1, 0.15) is 17.4 Å². The lowest BCUT2D eigenvalue weighted by atomic mass is 9.84. The van der Waals surface area contributed by atoms with Crippen molar-refractivity contribution in [3.8, 4) is 17.1 Å². The van der Waals surface area contributed by atoms with Crippen LogP contribution in [0.4, 0.5) is 4.39 Å². The third kappa shape index (κ3) is 5.75. The van der Waals surface area contributed by atoms with Crippen molar-refractivity contribution in [1.82, 2.24) is 30.8 Å². The summed E-state index contributed by atoms with van der Waals surface area (Å²) in [7, 11) is 1.52. The average Bonchev–Trinajstić information content (AvgIpc) is 3.47. The molecule has 1 fully saturated rings. The Kier molecular flexibility index (Phi) is 7.15. The molecule has 3 heterocycles. The first kappa shape index (κ1) is 23.3. The molecule has 0 spiro atoms. The van der Waals surface area contributed by atoms with E-state index in [-0.39, 0.29) is 24.1 Å². The zero-order valence-corrected chi connectivity index (χ0v) is 18.9. The molecule has 4 rings (SSSR count). The van der Waals surface area contributed by atoms with Gasteiger partial charge in [0, 0.05) is 49.3 Å². The number of halogens is 1. The largest absolute Gasteiger partial charge is 0.497 e. The fraction of sp³-hybridized carbons (Fsp3) is 0.375. The number of nitrogens with zero attached hydrogens (tertiary/aromatic N) is 3. The number of rotatable bonds is 10. The van der Waals surface area contributed by atoms with Crippen LogP contribution in [0.3, 0.4) is 0 Å².